The van der Waals surface area contributed by atoms with Gasteiger partial charge >= 0.3 is 0 Å². The molecule has 2 aromatic rings. The van der Waals surface area contributed by atoms with Crippen LogP contribution >= 0.6 is 0 Å². The number of hydrogen-bond donors (Lipinski definition) is 3. The topological polar surface area (TPSA) is 94.3 Å². The molecular weight excluding hydrogens is 264 g/mol. The van der Waals surface area contributed by atoms with Crippen LogP contribution in [0, 0.1) is 0 Å². The molecule has 21 heavy (non-hydrogen) atoms. The summed E-state index contributed by atoms with van der Waals surface area (Å²) in [4.78, 5) is 4.41. The molecule has 1 aliphatic carbocycles. The molecule has 1 fully saturated rings. The minimum absolute atomic E-state index is 0.315. The van der Waals surface area contributed by atoms with Crippen LogP contribution in [0.4, 0.5) is 11.5 Å². The predicted molar refractivity (Wildman–Crippen MR) is 85.3 cm³/mol. The van der Waals surface area contributed by atoms with Crippen LogP contribution in [0.15, 0.2) is 25.0 Å². The molecule has 3 rings (SSSR count). The van der Waals surface area contributed by atoms with E-state index in [1.807, 2.05) is 12.3 Å². The van der Waals surface area contributed by atoms with Crippen molar-refractivity contribution in [1.82, 2.24) is 14.6 Å². The van der Waals surface area contributed by atoms with Gasteiger partial charge in [-0.1, -0.05) is 6.08 Å². The van der Waals surface area contributed by atoms with Crippen molar-refractivity contribution in [3.05, 3.63) is 30.6 Å². The Morgan fingerprint density at radius 3 is 2.86 bits per heavy atom. The van der Waals surface area contributed by atoms with Crippen LogP contribution in [0.3, 0.4) is 0 Å². The molecule has 0 amide bonds. The summed E-state index contributed by atoms with van der Waals surface area (Å²) < 4.78 is 1.72. The first-order valence-electron chi connectivity index (χ1n) is 7.43. The van der Waals surface area contributed by atoms with Gasteiger partial charge in [-0.15, -0.1) is 11.7 Å². The normalized spacial score (nSPS) is 22.3. The summed E-state index contributed by atoms with van der Waals surface area (Å²) in [5, 5.41) is 7.82. The lowest BCUT2D eigenvalue weighted by Crippen LogP contribution is -2.26. The largest absolute Gasteiger partial charge is 0.382 e. The number of fused-ring (bicyclic) bond motifs is 1. The van der Waals surface area contributed by atoms with Crippen molar-refractivity contribution < 1.29 is 0 Å². The van der Waals surface area contributed by atoms with E-state index >= 15 is 0 Å². The molecule has 2 aromatic heterocycles. The highest BCUT2D eigenvalue weighted by molar-refractivity contribution is 5.76. The maximum atomic E-state index is 6.23. The van der Waals surface area contributed by atoms with Crippen LogP contribution in [0.25, 0.3) is 5.65 Å². The second kappa shape index (κ2) is 5.73. The molecule has 1 aliphatic rings. The molecule has 0 aliphatic heterocycles. The van der Waals surface area contributed by atoms with E-state index in [2.05, 4.69) is 22.0 Å². The summed E-state index contributed by atoms with van der Waals surface area (Å²) in [6.07, 6.45) is 9.54. The minimum Gasteiger partial charge on any atom is -0.382 e. The molecule has 0 radical (unpaired) electrons. The van der Waals surface area contributed by atoms with Crippen molar-refractivity contribution in [2.75, 3.05) is 17.6 Å². The molecule has 6 heteroatoms. The van der Waals surface area contributed by atoms with E-state index in [0.29, 0.717) is 24.3 Å². The Bertz CT molecular complexity index is 639. The highest BCUT2D eigenvalue weighted by Crippen LogP contribution is 2.39. The van der Waals surface area contributed by atoms with Crippen molar-refractivity contribution >= 4 is 17.2 Å². The van der Waals surface area contributed by atoms with Gasteiger partial charge in [0.1, 0.15) is 5.82 Å². The van der Waals surface area contributed by atoms with Crippen LogP contribution < -0.4 is 16.8 Å². The minimum atomic E-state index is 0.315. The van der Waals surface area contributed by atoms with Crippen molar-refractivity contribution in [3.8, 4) is 0 Å². The van der Waals surface area contributed by atoms with Gasteiger partial charge in [-0.25, -0.2) is 9.50 Å². The summed E-state index contributed by atoms with van der Waals surface area (Å²) in [5.74, 6) is 0.971. The van der Waals surface area contributed by atoms with Gasteiger partial charge in [-0.3, -0.25) is 0 Å². The van der Waals surface area contributed by atoms with Gasteiger partial charge < -0.3 is 16.8 Å². The first kappa shape index (κ1) is 13.9. The molecule has 5 N–H and O–H groups in total. The van der Waals surface area contributed by atoms with Crippen LogP contribution in [0.2, 0.25) is 0 Å². The van der Waals surface area contributed by atoms with E-state index < -0.39 is 0 Å². The third-order valence-corrected chi connectivity index (χ3v) is 4.21. The fourth-order valence-corrected chi connectivity index (χ4v) is 3.14. The van der Waals surface area contributed by atoms with E-state index in [-0.39, 0.29) is 0 Å². The number of nitrogens with two attached hydrogens (primary N) is 2. The predicted octanol–water partition coefficient (Wildman–Crippen LogP) is 1.89. The second-order valence-corrected chi connectivity index (χ2v) is 5.65. The van der Waals surface area contributed by atoms with Crippen molar-refractivity contribution in [3.63, 3.8) is 0 Å². The summed E-state index contributed by atoms with van der Waals surface area (Å²) in [6, 6.07) is 0.315. The van der Waals surface area contributed by atoms with Crippen LogP contribution in [0.1, 0.15) is 37.2 Å². The number of rotatable bonds is 4. The first-order chi connectivity index (χ1) is 10.2. The van der Waals surface area contributed by atoms with Gasteiger partial charge in [0.05, 0.1) is 5.69 Å². The van der Waals surface area contributed by atoms with Crippen LogP contribution in [-0.2, 0) is 0 Å². The SMILES string of the molecule is C=CCNc1c2nccn2nc(N)c1[C@H]1CC[C@H](N)CC1. The second-order valence-electron chi connectivity index (χ2n) is 5.65. The Hall–Kier alpha value is -2.08. The number of aromatic nitrogens is 3. The van der Waals surface area contributed by atoms with Crippen LogP contribution in [0.5, 0.6) is 0 Å². The standard InChI is InChI=1S/C15H22N6/c1-2-7-18-13-12(10-3-5-11(16)6-4-10)14(17)20-21-9-8-19-15(13)21/h2,8-11,18H,1,3-7,16H2,(H2,17,20)/t10-,11-. The smallest absolute Gasteiger partial charge is 0.177 e. The third kappa shape index (κ3) is 2.58. The number of anilines is 2. The Kier molecular flexibility index (Phi) is 3.79. The molecule has 1 saturated carbocycles. The maximum absolute atomic E-state index is 6.23. The van der Waals surface area contributed by atoms with Crippen molar-refractivity contribution in [2.45, 2.75) is 37.6 Å². The molecule has 6 nitrogen and oxygen atoms in total. The highest BCUT2D eigenvalue weighted by atomic mass is 15.3. The number of nitrogen functional groups attached to an aromatic ring is 1. The average Bonchev–Trinajstić information content (AvgIpc) is 2.93. The van der Waals surface area contributed by atoms with Gasteiger partial charge in [0, 0.05) is 30.5 Å². The average molecular weight is 286 g/mol. The summed E-state index contributed by atoms with van der Waals surface area (Å²) in [5.41, 5.74) is 15.1. The molecule has 0 unspecified atom stereocenters. The van der Waals surface area contributed by atoms with Gasteiger partial charge in [0.15, 0.2) is 5.65 Å². The number of hydrogen-bond acceptors (Lipinski definition) is 5. The number of imidazole rings is 1. The lowest BCUT2D eigenvalue weighted by molar-refractivity contribution is 0.396. The number of nitrogens with zero attached hydrogens (tertiary/aromatic N) is 3. The molecule has 0 saturated heterocycles. The van der Waals surface area contributed by atoms with Crippen LogP contribution in [-0.4, -0.2) is 27.2 Å². The maximum Gasteiger partial charge on any atom is 0.177 e. The zero-order chi connectivity index (χ0) is 14.8. The van der Waals surface area contributed by atoms with Gasteiger partial charge in [-0.2, -0.15) is 0 Å². The lowest BCUT2D eigenvalue weighted by Gasteiger charge is -2.28. The third-order valence-electron chi connectivity index (χ3n) is 4.21. The Morgan fingerprint density at radius 1 is 1.38 bits per heavy atom. The molecule has 0 aromatic carbocycles. The molecular formula is C15H22N6. The van der Waals surface area contributed by atoms with Gasteiger partial charge in [-0.05, 0) is 31.6 Å². The van der Waals surface area contributed by atoms with E-state index in [9.17, 15) is 0 Å². The fourth-order valence-electron chi connectivity index (χ4n) is 3.14. The molecule has 0 bridgehead atoms. The number of nitrogens with one attached hydrogen (secondary N) is 1. The first-order valence-corrected chi connectivity index (χ1v) is 7.43. The monoisotopic (exact) mass is 286 g/mol. The summed E-state index contributed by atoms with van der Waals surface area (Å²) >= 11 is 0. The molecule has 112 valence electrons. The quantitative estimate of drug-likeness (QED) is 0.746. The van der Waals surface area contributed by atoms with E-state index in [1.165, 1.54) is 0 Å². The zero-order valence-electron chi connectivity index (χ0n) is 12.1. The van der Waals surface area contributed by atoms with Gasteiger partial charge in [0.2, 0.25) is 0 Å². The summed E-state index contributed by atoms with van der Waals surface area (Å²) in [6.45, 7) is 4.44. The van der Waals surface area contributed by atoms with Gasteiger partial charge in [0.25, 0.3) is 0 Å². The zero-order valence-corrected chi connectivity index (χ0v) is 12.1. The molecule has 0 atom stereocenters. The molecule has 0 spiro atoms. The van der Waals surface area contributed by atoms with E-state index in [0.717, 1.165) is 42.6 Å². The summed E-state index contributed by atoms with van der Waals surface area (Å²) in [7, 11) is 0. The Balaban J connectivity index is 2.06. The van der Waals surface area contributed by atoms with Crippen molar-refractivity contribution in [1.29, 1.82) is 0 Å². The fraction of sp³-hybridized carbons (Fsp3) is 0.467. The lowest BCUT2D eigenvalue weighted by atomic mass is 9.81. The van der Waals surface area contributed by atoms with E-state index in [4.69, 9.17) is 11.5 Å². The van der Waals surface area contributed by atoms with E-state index in [1.54, 1.807) is 10.7 Å². The highest BCUT2D eigenvalue weighted by Gasteiger charge is 2.26. The van der Waals surface area contributed by atoms with Crippen molar-refractivity contribution in [2.24, 2.45) is 5.73 Å². The molecule has 2 heterocycles. The Morgan fingerprint density at radius 2 is 2.14 bits per heavy atom. The Labute approximate surface area is 124 Å².